The van der Waals surface area contributed by atoms with Gasteiger partial charge in [0.05, 0.1) is 11.4 Å². The molecular weight excluding hydrogens is 395 g/mol. The first-order chi connectivity index (χ1) is 12.2. The van der Waals surface area contributed by atoms with Crippen LogP contribution in [0.1, 0.15) is 16.7 Å². The SMILES string of the molecule is Cc1ccc(S(=O)(=O)Nc2ncn(Cc3ccc(Cl)cc3Cl)n2)c(C)c1. The summed E-state index contributed by atoms with van der Waals surface area (Å²) in [5, 5.41) is 5.20. The number of nitrogens with one attached hydrogen (secondary N) is 1. The first-order valence-corrected chi connectivity index (χ1v) is 9.92. The number of rotatable bonds is 5. The molecule has 0 spiro atoms. The van der Waals surface area contributed by atoms with E-state index in [2.05, 4.69) is 14.8 Å². The zero-order valence-electron chi connectivity index (χ0n) is 14.1. The Morgan fingerprint density at radius 2 is 1.88 bits per heavy atom. The van der Waals surface area contributed by atoms with Crippen LogP contribution in [0.3, 0.4) is 0 Å². The van der Waals surface area contributed by atoms with Gasteiger partial charge in [-0.05, 0) is 43.2 Å². The fourth-order valence-electron chi connectivity index (χ4n) is 2.52. The standard InChI is InChI=1S/C17H16Cl2N4O2S/c1-11-3-6-16(12(2)7-11)26(24,25)22-17-20-10-23(21-17)9-13-4-5-14(18)8-15(13)19/h3-8,10H,9H2,1-2H3,(H,21,22). The van der Waals surface area contributed by atoms with Crippen LogP contribution in [0.25, 0.3) is 0 Å². The lowest BCUT2D eigenvalue weighted by Crippen LogP contribution is -2.15. The maximum absolute atomic E-state index is 12.6. The van der Waals surface area contributed by atoms with E-state index in [9.17, 15) is 8.42 Å². The van der Waals surface area contributed by atoms with E-state index in [0.29, 0.717) is 22.2 Å². The Kier molecular flexibility index (Phi) is 5.22. The molecule has 0 saturated heterocycles. The average molecular weight is 411 g/mol. The van der Waals surface area contributed by atoms with Gasteiger partial charge in [0.2, 0.25) is 0 Å². The third-order valence-corrected chi connectivity index (χ3v) is 5.80. The van der Waals surface area contributed by atoms with Crippen molar-refractivity contribution in [3.63, 3.8) is 0 Å². The minimum absolute atomic E-state index is 0.00457. The topological polar surface area (TPSA) is 76.9 Å². The summed E-state index contributed by atoms with van der Waals surface area (Å²) in [5.74, 6) is -0.00457. The molecule has 2 aromatic carbocycles. The van der Waals surface area contributed by atoms with Gasteiger partial charge in [0.1, 0.15) is 6.33 Å². The zero-order chi connectivity index (χ0) is 18.9. The number of anilines is 1. The Bertz CT molecular complexity index is 1060. The molecule has 0 saturated carbocycles. The fraction of sp³-hybridized carbons (Fsp3) is 0.176. The fourth-order valence-corrected chi connectivity index (χ4v) is 4.16. The molecule has 0 fully saturated rings. The number of benzene rings is 2. The van der Waals surface area contributed by atoms with Crippen LogP contribution in [0, 0.1) is 13.8 Å². The van der Waals surface area contributed by atoms with Gasteiger partial charge in [-0.3, -0.25) is 0 Å². The second-order valence-corrected chi connectivity index (χ2v) is 8.37. The molecule has 3 aromatic rings. The largest absolute Gasteiger partial charge is 0.264 e. The molecule has 0 aliphatic heterocycles. The minimum atomic E-state index is -3.77. The molecule has 0 unspecified atom stereocenters. The van der Waals surface area contributed by atoms with Gasteiger partial charge in [0.15, 0.2) is 0 Å². The van der Waals surface area contributed by atoms with Gasteiger partial charge in [0.25, 0.3) is 16.0 Å². The van der Waals surface area contributed by atoms with E-state index in [1.807, 2.05) is 13.0 Å². The van der Waals surface area contributed by atoms with Gasteiger partial charge in [-0.2, -0.15) is 4.98 Å². The Balaban J connectivity index is 1.79. The molecule has 136 valence electrons. The summed E-state index contributed by atoms with van der Waals surface area (Å²) in [6, 6.07) is 10.3. The Hall–Kier alpha value is -2.09. The summed E-state index contributed by atoms with van der Waals surface area (Å²) < 4.78 is 29.0. The van der Waals surface area contributed by atoms with Crippen LogP contribution < -0.4 is 4.72 Å². The first kappa shape index (κ1) is 18.7. The minimum Gasteiger partial charge on any atom is -0.246 e. The number of halogens is 2. The summed E-state index contributed by atoms with van der Waals surface area (Å²) in [5.41, 5.74) is 2.44. The normalized spacial score (nSPS) is 11.5. The lowest BCUT2D eigenvalue weighted by Gasteiger charge is -2.08. The van der Waals surface area contributed by atoms with Crippen LogP contribution in [-0.4, -0.2) is 23.2 Å². The highest BCUT2D eigenvalue weighted by molar-refractivity contribution is 7.92. The van der Waals surface area contributed by atoms with Crippen molar-refractivity contribution in [2.45, 2.75) is 25.3 Å². The highest BCUT2D eigenvalue weighted by Crippen LogP contribution is 2.22. The van der Waals surface area contributed by atoms with Gasteiger partial charge < -0.3 is 0 Å². The molecule has 1 aromatic heterocycles. The predicted octanol–water partition coefficient (Wildman–Crippen LogP) is 4.05. The van der Waals surface area contributed by atoms with Crippen LogP contribution in [0.15, 0.2) is 47.6 Å². The molecule has 9 heteroatoms. The number of aryl methyl sites for hydroxylation is 2. The van der Waals surface area contributed by atoms with Gasteiger partial charge in [-0.15, -0.1) is 5.10 Å². The zero-order valence-corrected chi connectivity index (χ0v) is 16.4. The molecule has 0 aliphatic rings. The number of sulfonamides is 1. The Morgan fingerprint density at radius 1 is 1.12 bits per heavy atom. The Labute approximate surface area is 161 Å². The second-order valence-electron chi connectivity index (χ2n) is 5.88. The van der Waals surface area contributed by atoms with Crippen LogP contribution in [0.4, 0.5) is 5.95 Å². The van der Waals surface area contributed by atoms with Gasteiger partial charge in [-0.1, -0.05) is 47.0 Å². The smallest absolute Gasteiger partial charge is 0.246 e. The summed E-state index contributed by atoms with van der Waals surface area (Å²) in [4.78, 5) is 4.20. The Morgan fingerprint density at radius 3 is 2.58 bits per heavy atom. The second kappa shape index (κ2) is 7.26. The summed E-state index contributed by atoms with van der Waals surface area (Å²) >= 11 is 12.0. The van der Waals surface area contributed by atoms with Crippen molar-refractivity contribution < 1.29 is 8.42 Å². The molecule has 0 bridgehead atoms. The van der Waals surface area contributed by atoms with Crippen LogP contribution in [0.2, 0.25) is 10.0 Å². The maximum atomic E-state index is 12.6. The van der Waals surface area contributed by atoms with Crippen molar-refractivity contribution in [2.24, 2.45) is 0 Å². The highest BCUT2D eigenvalue weighted by atomic mass is 35.5. The van der Waals surface area contributed by atoms with E-state index >= 15 is 0 Å². The van der Waals surface area contributed by atoms with E-state index in [4.69, 9.17) is 23.2 Å². The van der Waals surface area contributed by atoms with Crippen LogP contribution in [0.5, 0.6) is 0 Å². The molecule has 1 heterocycles. The molecular formula is C17H16Cl2N4O2S. The lowest BCUT2D eigenvalue weighted by atomic mass is 10.2. The molecule has 0 amide bonds. The van der Waals surface area contributed by atoms with Crippen molar-refractivity contribution in [1.29, 1.82) is 0 Å². The van der Waals surface area contributed by atoms with Crippen molar-refractivity contribution in [2.75, 3.05) is 4.72 Å². The van der Waals surface area contributed by atoms with E-state index in [0.717, 1.165) is 11.1 Å². The average Bonchev–Trinajstić information content (AvgIpc) is 2.96. The van der Waals surface area contributed by atoms with Gasteiger partial charge in [-0.25, -0.2) is 17.8 Å². The lowest BCUT2D eigenvalue weighted by molar-refractivity contribution is 0.600. The van der Waals surface area contributed by atoms with Gasteiger partial charge in [0, 0.05) is 10.0 Å². The molecule has 26 heavy (non-hydrogen) atoms. The van der Waals surface area contributed by atoms with Crippen molar-refractivity contribution >= 4 is 39.2 Å². The van der Waals surface area contributed by atoms with Crippen LogP contribution >= 0.6 is 23.2 Å². The highest BCUT2D eigenvalue weighted by Gasteiger charge is 2.19. The quantitative estimate of drug-likeness (QED) is 0.687. The van der Waals surface area contributed by atoms with Gasteiger partial charge >= 0.3 is 0 Å². The predicted molar refractivity (Wildman–Crippen MR) is 102 cm³/mol. The number of aromatic nitrogens is 3. The first-order valence-electron chi connectivity index (χ1n) is 7.68. The van der Waals surface area contributed by atoms with E-state index in [-0.39, 0.29) is 10.8 Å². The third-order valence-electron chi connectivity index (χ3n) is 3.73. The van der Waals surface area contributed by atoms with E-state index < -0.39 is 10.0 Å². The molecule has 3 rings (SSSR count). The molecule has 6 nitrogen and oxygen atoms in total. The third kappa shape index (κ3) is 4.17. The molecule has 0 atom stereocenters. The number of nitrogens with zero attached hydrogens (tertiary/aromatic N) is 3. The summed E-state index contributed by atoms with van der Waals surface area (Å²) in [6.07, 6.45) is 1.44. The van der Waals surface area contributed by atoms with Crippen molar-refractivity contribution in [3.8, 4) is 0 Å². The monoisotopic (exact) mass is 410 g/mol. The summed E-state index contributed by atoms with van der Waals surface area (Å²) in [7, 11) is -3.77. The molecule has 1 N–H and O–H groups in total. The maximum Gasteiger partial charge on any atom is 0.264 e. The number of hydrogen-bond acceptors (Lipinski definition) is 4. The van der Waals surface area contributed by atoms with Crippen LogP contribution in [-0.2, 0) is 16.6 Å². The number of hydrogen-bond donors (Lipinski definition) is 1. The molecule has 0 aliphatic carbocycles. The molecule has 0 radical (unpaired) electrons. The summed E-state index contributed by atoms with van der Waals surface area (Å²) in [6.45, 7) is 3.99. The van der Waals surface area contributed by atoms with E-state index in [1.165, 1.54) is 11.0 Å². The van der Waals surface area contributed by atoms with Crippen molar-refractivity contribution in [1.82, 2.24) is 14.8 Å². The van der Waals surface area contributed by atoms with Crippen molar-refractivity contribution in [3.05, 3.63) is 69.5 Å². The van der Waals surface area contributed by atoms with E-state index in [1.54, 1.807) is 37.3 Å².